The molecule has 3 heterocycles. The molecule has 0 amide bonds. The lowest BCUT2D eigenvalue weighted by Gasteiger charge is -2.36. The molecule has 3 rings (SSSR count). The van der Waals surface area contributed by atoms with Crippen molar-refractivity contribution in [2.75, 3.05) is 45.1 Å². The number of nitrogens with zero attached hydrogens (tertiary/aromatic N) is 6. The summed E-state index contributed by atoms with van der Waals surface area (Å²) >= 11 is 0. The second kappa shape index (κ2) is 6.75. The first-order chi connectivity index (χ1) is 11.7. The average Bonchev–Trinajstić information content (AvgIpc) is 2.97. The number of hydrogen-bond donors (Lipinski definition) is 1. The van der Waals surface area contributed by atoms with E-state index in [4.69, 9.17) is 0 Å². The molecule has 1 atom stereocenters. The molecule has 0 spiro atoms. The number of rotatable bonds is 4. The Morgan fingerprint density at radius 3 is 2.52 bits per heavy atom. The first-order valence-electron chi connectivity index (χ1n) is 8.22. The molecule has 0 aliphatic carbocycles. The fourth-order valence-corrected chi connectivity index (χ4v) is 2.88. The fraction of sp³-hybridized carbons (Fsp3) is 0.667. The Bertz CT molecular complexity index is 735. The molecule has 1 N–H and O–H groups in total. The first-order valence-corrected chi connectivity index (χ1v) is 8.22. The minimum absolute atomic E-state index is 0.0536. The zero-order chi connectivity index (χ0) is 18.2. The van der Waals surface area contributed by atoms with Gasteiger partial charge < -0.3 is 10.2 Å². The summed E-state index contributed by atoms with van der Waals surface area (Å²) in [6.45, 7) is 8.41. The molecule has 25 heavy (non-hydrogen) atoms. The van der Waals surface area contributed by atoms with Gasteiger partial charge >= 0.3 is 6.18 Å². The highest BCUT2D eigenvalue weighted by molar-refractivity contribution is 5.45. The molecule has 1 saturated heterocycles. The van der Waals surface area contributed by atoms with Gasteiger partial charge in [0.25, 0.3) is 11.6 Å². The molecule has 0 bridgehead atoms. The Kier molecular flexibility index (Phi) is 4.83. The molecule has 7 nitrogen and oxygen atoms in total. The monoisotopic (exact) mass is 357 g/mol. The van der Waals surface area contributed by atoms with Gasteiger partial charge in [-0.2, -0.15) is 22.7 Å². The molecule has 10 heteroatoms. The van der Waals surface area contributed by atoms with Gasteiger partial charge in [0.15, 0.2) is 0 Å². The van der Waals surface area contributed by atoms with E-state index in [1.54, 1.807) is 13.0 Å². The zero-order valence-corrected chi connectivity index (χ0v) is 14.5. The quantitative estimate of drug-likeness (QED) is 0.895. The summed E-state index contributed by atoms with van der Waals surface area (Å²) in [4.78, 5) is 12.2. The number of aryl methyl sites for hydroxylation is 1. The van der Waals surface area contributed by atoms with Crippen molar-refractivity contribution in [2.45, 2.75) is 26.1 Å². The average molecular weight is 357 g/mol. The van der Waals surface area contributed by atoms with Crippen molar-refractivity contribution in [3.63, 3.8) is 0 Å². The maximum Gasteiger partial charge on any atom is 0.453 e. The number of hydrogen-bond acceptors (Lipinski definition) is 6. The van der Waals surface area contributed by atoms with Gasteiger partial charge in [-0.05, 0) is 20.9 Å². The molecule has 138 valence electrons. The Morgan fingerprint density at radius 1 is 1.20 bits per heavy atom. The smallest absolute Gasteiger partial charge is 0.368 e. The number of halogens is 3. The van der Waals surface area contributed by atoms with E-state index in [2.05, 4.69) is 44.2 Å². The van der Waals surface area contributed by atoms with Gasteiger partial charge in [-0.3, -0.25) is 4.90 Å². The molecular weight excluding hydrogens is 335 g/mol. The van der Waals surface area contributed by atoms with Crippen LogP contribution in [0.15, 0.2) is 6.07 Å². The predicted molar refractivity (Wildman–Crippen MR) is 87.5 cm³/mol. The van der Waals surface area contributed by atoms with E-state index < -0.39 is 12.0 Å². The van der Waals surface area contributed by atoms with E-state index in [1.165, 1.54) is 0 Å². The lowest BCUT2D eigenvalue weighted by Crippen LogP contribution is -2.50. The number of fused-ring (bicyclic) bond motifs is 1. The van der Waals surface area contributed by atoms with Crippen LogP contribution in [0.2, 0.25) is 0 Å². The van der Waals surface area contributed by atoms with Gasteiger partial charge in [0.1, 0.15) is 5.82 Å². The molecular formula is C15H22F3N7. The largest absolute Gasteiger partial charge is 0.453 e. The third kappa shape index (κ3) is 4.01. The third-order valence-corrected chi connectivity index (χ3v) is 4.43. The molecule has 0 aromatic carbocycles. The first kappa shape index (κ1) is 17.9. The highest BCUT2D eigenvalue weighted by Crippen LogP contribution is 2.27. The Hall–Kier alpha value is -1.94. The van der Waals surface area contributed by atoms with Crippen LogP contribution in [0.1, 0.15) is 18.4 Å². The second-order valence-electron chi connectivity index (χ2n) is 6.50. The van der Waals surface area contributed by atoms with Gasteiger partial charge in [0.2, 0.25) is 0 Å². The van der Waals surface area contributed by atoms with Crippen LogP contribution in [-0.4, -0.2) is 75.2 Å². The van der Waals surface area contributed by atoms with Crippen LogP contribution in [-0.2, 0) is 6.18 Å². The van der Waals surface area contributed by atoms with Gasteiger partial charge in [0.05, 0.1) is 0 Å². The molecule has 1 aliphatic rings. The molecule has 2 aromatic rings. The van der Waals surface area contributed by atoms with Crippen LogP contribution >= 0.6 is 0 Å². The zero-order valence-electron chi connectivity index (χ0n) is 14.5. The van der Waals surface area contributed by atoms with Crippen molar-refractivity contribution in [2.24, 2.45) is 0 Å². The molecule has 1 unspecified atom stereocenters. The maximum atomic E-state index is 12.8. The molecule has 1 fully saturated rings. The van der Waals surface area contributed by atoms with Crippen LogP contribution in [0.25, 0.3) is 5.78 Å². The van der Waals surface area contributed by atoms with Crippen LogP contribution in [0, 0.1) is 6.92 Å². The number of likely N-dealkylation sites (N-methyl/N-ethyl adjacent to an activating group) is 1. The minimum atomic E-state index is -4.59. The van der Waals surface area contributed by atoms with E-state index in [-0.39, 0.29) is 11.8 Å². The lowest BCUT2D eigenvalue weighted by atomic mass is 10.2. The van der Waals surface area contributed by atoms with Crippen molar-refractivity contribution in [3.8, 4) is 0 Å². The molecule has 0 saturated carbocycles. The van der Waals surface area contributed by atoms with Crippen LogP contribution < -0.4 is 5.32 Å². The SMILES string of the molecule is Cc1cc(NCC(C)N2CCN(C)CC2)n2nc(C(F)(F)F)nc2n1. The normalized spacial score (nSPS) is 18.6. The molecule has 1 aliphatic heterocycles. The number of piperazine rings is 1. The number of anilines is 1. The summed E-state index contributed by atoms with van der Waals surface area (Å²) in [6.07, 6.45) is -4.59. The van der Waals surface area contributed by atoms with Crippen molar-refractivity contribution in [1.29, 1.82) is 0 Å². The standard InChI is InChI=1S/C15H22F3N7/c1-10-8-12(19-9-11(2)24-6-4-23(3)5-7-24)25-14(20-10)21-13(22-25)15(16,17)18/h8,11,19H,4-7,9H2,1-3H3. The van der Waals surface area contributed by atoms with Crippen LogP contribution in [0.5, 0.6) is 0 Å². The summed E-state index contributed by atoms with van der Waals surface area (Å²) in [5.74, 6) is -0.769. The number of nitrogens with one attached hydrogen (secondary N) is 1. The van der Waals surface area contributed by atoms with E-state index in [1.807, 2.05) is 0 Å². The third-order valence-electron chi connectivity index (χ3n) is 4.43. The van der Waals surface area contributed by atoms with E-state index in [0.29, 0.717) is 18.1 Å². The predicted octanol–water partition coefficient (Wildman–Crippen LogP) is 1.50. The van der Waals surface area contributed by atoms with E-state index in [0.717, 1.165) is 30.7 Å². The van der Waals surface area contributed by atoms with Crippen molar-refractivity contribution < 1.29 is 13.2 Å². The summed E-state index contributed by atoms with van der Waals surface area (Å²) in [7, 11) is 2.10. The van der Waals surface area contributed by atoms with Crippen LogP contribution in [0.4, 0.5) is 19.0 Å². The molecule has 2 aromatic heterocycles. The van der Waals surface area contributed by atoms with Gasteiger partial charge in [0, 0.05) is 50.5 Å². The van der Waals surface area contributed by atoms with Gasteiger partial charge in [-0.25, -0.2) is 4.98 Å². The lowest BCUT2D eigenvalue weighted by molar-refractivity contribution is -0.144. The number of aromatic nitrogens is 4. The molecule has 0 radical (unpaired) electrons. The topological polar surface area (TPSA) is 61.6 Å². The fourth-order valence-electron chi connectivity index (χ4n) is 2.88. The highest BCUT2D eigenvalue weighted by Gasteiger charge is 2.36. The number of alkyl halides is 3. The highest BCUT2D eigenvalue weighted by atomic mass is 19.4. The Morgan fingerprint density at radius 2 is 1.88 bits per heavy atom. The summed E-state index contributed by atoms with van der Waals surface area (Å²) in [5, 5.41) is 6.76. The van der Waals surface area contributed by atoms with Crippen molar-refractivity contribution in [1.82, 2.24) is 29.4 Å². The van der Waals surface area contributed by atoms with Crippen molar-refractivity contribution >= 4 is 11.6 Å². The summed E-state index contributed by atoms with van der Waals surface area (Å²) in [6, 6.07) is 1.93. The van der Waals surface area contributed by atoms with Crippen molar-refractivity contribution in [3.05, 3.63) is 17.6 Å². The minimum Gasteiger partial charge on any atom is -0.368 e. The van der Waals surface area contributed by atoms with E-state index in [9.17, 15) is 13.2 Å². The summed E-state index contributed by atoms with van der Waals surface area (Å²) in [5.41, 5.74) is 0.586. The van der Waals surface area contributed by atoms with Gasteiger partial charge in [-0.1, -0.05) is 0 Å². The summed E-state index contributed by atoms with van der Waals surface area (Å²) < 4.78 is 39.7. The van der Waals surface area contributed by atoms with E-state index >= 15 is 0 Å². The second-order valence-corrected chi connectivity index (χ2v) is 6.50. The van der Waals surface area contributed by atoms with Gasteiger partial charge in [-0.15, -0.1) is 5.10 Å². The van der Waals surface area contributed by atoms with Crippen LogP contribution in [0.3, 0.4) is 0 Å². The Balaban J connectivity index is 1.75. The Labute approximate surface area is 143 Å². The maximum absolute atomic E-state index is 12.8.